The summed E-state index contributed by atoms with van der Waals surface area (Å²) >= 11 is 0. The summed E-state index contributed by atoms with van der Waals surface area (Å²) < 4.78 is 68.8. The van der Waals surface area contributed by atoms with Gasteiger partial charge in [0.1, 0.15) is 19.3 Å². The van der Waals surface area contributed by atoms with Crippen LogP contribution in [-0.4, -0.2) is 96.7 Å². The fourth-order valence-electron chi connectivity index (χ4n) is 12.6. The number of hydrogen-bond donors (Lipinski definition) is 3. The first-order chi connectivity index (χ1) is 48.6. The van der Waals surface area contributed by atoms with E-state index in [1.807, 2.05) is 0 Å². The highest BCUT2D eigenvalue weighted by atomic mass is 31.2. The maximum absolute atomic E-state index is 13.1. The van der Waals surface area contributed by atoms with Crippen LogP contribution in [0.3, 0.4) is 0 Å². The van der Waals surface area contributed by atoms with E-state index < -0.39 is 97.5 Å². The van der Waals surface area contributed by atoms with Crippen LogP contribution < -0.4 is 0 Å². The molecule has 0 rings (SSSR count). The van der Waals surface area contributed by atoms with Crippen molar-refractivity contribution >= 4 is 39.5 Å². The number of hydrogen-bond acceptors (Lipinski definition) is 15. The van der Waals surface area contributed by atoms with Crippen LogP contribution in [0.15, 0.2) is 0 Å². The molecule has 0 amide bonds. The number of esters is 4. The smallest absolute Gasteiger partial charge is 0.462 e. The van der Waals surface area contributed by atoms with Gasteiger partial charge >= 0.3 is 39.5 Å². The van der Waals surface area contributed by atoms with E-state index in [0.717, 1.165) is 114 Å². The predicted molar refractivity (Wildman–Crippen MR) is 414 cm³/mol. The number of rotatable bonds is 79. The average Bonchev–Trinajstić information content (AvgIpc) is 1.00. The number of ether oxygens (including phenoxy) is 4. The average molecular weight is 1480 g/mol. The lowest BCUT2D eigenvalue weighted by Crippen LogP contribution is -2.30. The first-order valence-electron chi connectivity index (χ1n) is 42.2. The molecule has 0 bridgehead atoms. The minimum absolute atomic E-state index is 0.105. The quantitative estimate of drug-likeness (QED) is 0.0222. The van der Waals surface area contributed by atoms with Crippen LogP contribution in [0.5, 0.6) is 0 Å². The largest absolute Gasteiger partial charge is 0.472 e. The van der Waals surface area contributed by atoms with Gasteiger partial charge in [0, 0.05) is 25.7 Å². The number of carbonyl (C=O) groups excluding carboxylic acids is 4. The van der Waals surface area contributed by atoms with Crippen molar-refractivity contribution in [3.05, 3.63) is 0 Å². The molecule has 0 aromatic rings. The molecule has 19 heteroatoms. The van der Waals surface area contributed by atoms with Crippen molar-refractivity contribution in [2.45, 2.75) is 440 Å². The first-order valence-corrected chi connectivity index (χ1v) is 45.2. The molecular formula is C82H160O17P2. The fraction of sp³-hybridized carbons (Fsp3) is 0.951. The van der Waals surface area contributed by atoms with Crippen LogP contribution in [0.1, 0.15) is 421 Å². The molecule has 17 nitrogen and oxygen atoms in total. The molecule has 101 heavy (non-hydrogen) atoms. The molecule has 3 N–H and O–H groups in total. The molecule has 0 aromatic heterocycles. The molecule has 0 aliphatic heterocycles. The second-order valence-electron chi connectivity index (χ2n) is 31.4. The van der Waals surface area contributed by atoms with Crippen LogP contribution in [0.25, 0.3) is 0 Å². The van der Waals surface area contributed by atoms with E-state index in [9.17, 15) is 43.2 Å². The zero-order valence-electron chi connectivity index (χ0n) is 66.5. The van der Waals surface area contributed by atoms with Gasteiger partial charge in [-0.2, -0.15) is 0 Å². The zero-order chi connectivity index (χ0) is 74.6. The van der Waals surface area contributed by atoms with E-state index in [2.05, 4.69) is 55.4 Å². The number of aliphatic hydroxyl groups excluding tert-OH is 1. The van der Waals surface area contributed by atoms with Crippen LogP contribution in [0.4, 0.5) is 0 Å². The van der Waals surface area contributed by atoms with Crippen LogP contribution in [0.2, 0.25) is 0 Å². The van der Waals surface area contributed by atoms with E-state index in [1.54, 1.807) is 0 Å². The highest BCUT2D eigenvalue weighted by Crippen LogP contribution is 2.45. The van der Waals surface area contributed by atoms with Gasteiger partial charge in [0.15, 0.2) is 12.2 Å². The van der Waals surface area contributed by atoms with Crippen LogP contribution >= 0.6 is 15.6 Å². The van der Waals surface area contributed by atoms with E-state index in [4.69, 9.17) is 37.0 Å². The molecule has 0 aliphatic carbocycles. The van der Waals surface area contributed by atoms with Crippen LogP contribution in [0, 0.1) is 23.7 Å². The molecular weight excluding hydrogens is 1320 g/mol. The predicted octanol–water partition coefficient (Wildman–Crippen LogP) is 24.4. The minimum Gasteiger partial charge on any atom is -0.462 e. The molecule has 5 atom stereocenters. The summed E-state index contributed by atoms with van der Waals surface area (Å²) in [5.41, 5.74) is 0. The molecule has 0 aliphatic rings. The third-order valence-corrected chi connectivity index (χ3v) is 21.0. The van der Waals surface area contributed by atoms with Crippen molar-refractivity contribution in [2.24, 2.45) is 23.7 Å². The molecule has 2 unspecified atom stereocenters. The zero-order valence-corrected chi connectivity index (χ0v) is 68.3. The van der Waals surface area contributed by atoms with Crippen molar-refractivity contribution < 1.29 is 80.2 Å². The Kier molecular flexibility index (Phi) is 69.6. The molecule has 0 heterocycles. The molecule has 600 valence electrons. The Morgan fingerprint density at radius 3 is 0.614 bits per heavy atom. The summed E-state index contributed by atoms with van der Waals surface area (Å²) in [6, 6.07) is 0. The number of carbonyl (C=O) groups is 4. The van der Waals surface area contributed by atoms with Gasteiger partial charge in [-0.25, -0.2) is 9.13 Å². The number of unbranched alkanes of at least 4 members (excludes halogenated alkanes) is 45. The van der Waals surface area contributed by atoms with E-state index in [0.29, 0.717) is 25.7 Å². The van der Waals surface area contributed by atoms with Gasteiger partial charge in [0.05, 0.1) is 26.4 Å². The van der Waals surface area contributed by atoms with Crippen molar-refractivity contribution in [3.8, 4) is 0 Å². The van der Waals surface area contributed by atoms with E-state index in [-0.39, 0.29) is 25.7 Å². The van der Waals surface area contributed by atoms with Gasteiger partial charge in [-0.15, -0.1) is 0 Å². The van der Waals surface area contributed by atoms with Gasteiger partial charge in [0.25, 0.3) is 0 Å². The molecule has 0 radical (unpaired) electrons. The second-order valence-corrected chi connectivity index (χ2v) is 34.3. The summed E-state index contributed by atoms with van der Waals surface area (Å²) in [6.45, 7) is 14.3. The summed E-state index contributed by atoms with van der Waals surface area (Å²) in [7, 11) is -9.92. The maximum Gasteiger partial charge on any atom is 0.472 e. The summed E-state index contributed by atoms with van der Waals surface area (Å²) in [6.07, 6.45) is 58.3. The summed E-state index contributed by atoms with van der Waals surface area (Å²) in [5, 5.41) is 10.6. The fourth-order valence-corrected chi connectivity index (χ4v) is 14.2. The highest BCUT2D eigenvalue weighted by molar-refractivity contribution is 7.47. The van der Waals surface area contributed by atoms with E-state index in [1.165, 1.54) is 225 Å². The minimum atomic E-state index is -4.96. The molecule has 0 aromatic carbocycles. The Hall–Kier alpha value is -1.94. The molecule has 0 saturated heterocycles. The van der Waals surface area contributed by atoms with Crippen molar-refractivity contribution in [3.63, 3.8) is 0 Å². The topological polar surface area (TPSA) is 237 Å². The third-order valence-electron chi connectivity index (χ3n) is 19.1. The monoisotopic (exact) mass is 1480 g/mol. The number of phosphoric acid groups is 2. The number of phosphoric ester groups is 2. The first kappa shape index (κ1) is 99.1. The maximum atomic E-state index is 13.1. The highest BCUT2D eigenvalue weighted by Gasteiger charge is 2.30. The molecule has 0 saturated carbocycles. The number of aliphatic hydroxyl groups is 1. The summed E-state index contributed by atoms with van der Waals surface area (Å²) in [4.78, 5) is 73.1. The Morgan fingerprint density at radius 1 is 0.248 bits per heavy atom. The van der Waals surface area contributed by atoms with Crippen molar-refractivity contribution in [1.29, 1.82) is 0 Å². The Morgan fingerprint density at radius 2 is 0.416 bits per heavy atom. The standard InChI is InChI=1S/C82H160O17P2/c1-72(2)58-50-42-34-26-20-16-12-9-10-14-19-23-31-40-48-56-64-81(86)98-77(68-92-79(84)62-54-46-38-30-22-18-15-11-13-17-21-27-35-43-51-59-73(3)4)70-96-100(88,89)94-66-76(83)67-95-101(90,91)97-71-78(99-82(87)65-57-49-41-33-25-29-37-45-53-61-75(7)8)69-93-80(85)63-55-47-39-32-24-28-36-44-52-60-74(5)6/h72-78,83H,9-71H2,1-8H3,(H,88,89)(H,90,91)/t76-,77-,78-/m1/s1. The van der Waals surface area contributed by atoms with E-state index >= 15 is 0 Å². The van der Waals surface area contributed by atoms with Gasteiger partial charge in [-0.1, -0.05) is 370 Å². The lowest BCUT2D eigenvalue weighted by Gasteiger charge is -2.21. The second kappa shape index (κ2) is 71.0. The van der Waals surface area contributed by atoms with Gasteiger partial charge in [-0.05, 0) is 49.4 Å². The molecule has 0 spiro atoms. The normalized spacial score (nSPS) is 14.0. The lowest BCUT2D eigenvalue weighted by molar-refractivity contribution is -0.161. The van der Waals surface area contributed by atoms with Crippen molar-refractivity contribution in [1.82, 2.24) is 0 Å². The van der Waals surface area contributed by atoms with Gasteiger partial charge < -0.3 is 33.8 Å². The Balaban J connectivity index is 5.25. The lowest BCUT2D eigenvalue weighted by atomic mass is 10.0. The third kappa shape index (κ3) is 76.1. The summed E-state index contributed by atoms with van der Waals surface area (Å²) in [5.74, 6) is 0.983. The van der Waals surface area contributed by atoms with Gasteiger partial charge in [-0.3, -0.25) is 37.3 Å². The Labute approximate surface area is 619 Å². The van der Waals surface area contributed by atoms with Crippen molar-refractivity contribution in [2.75, 3.05) is 39.6 Å². The van der Waals surface area contributed by atoms with Gasteiger partial charge in [0.2, 0.25) is 0 Å². The molecule has 0 fully saturated rings. The van der Waals surface area contributed by atoms with Crippen LogP contribution in [-0.2, 0) is 65.4 Å². The SMILES string of the molecule is CC(C)CCCCCCCCCCCCCCCCCCC(=O)O[C@H](COC(=O)CCCCCCCCCCCCCCCCCC(C)C)COP(=O)(O)OC[C@@H](O)COP(=O)(O)OC[C@@H](COC(=O)CCCCCCCCCCCC(C)C)OC(=O)CCCCCCCCCCCC(C)C. The Bertz CT molecular complexity index is 1970.